The van der Waals surface area contributed by atoms with Crippen LogP contribution in [-0.2, 0) is 0 Å². The van der Waals surface area contributed by atoms with Crippen molar-refractivity contribution >= 4 is 32.6 Å². The third kappa shape index (κ3) is 6.72. The molecule has 0 atom stereocenters. The van der Waals surface area contributed by atoms with Gasteiger partial charge in [0, 0.05) is 33.0 Å². The van der Waals surface area contributed by atoms with Gasteiger partial charge in [-0.15, -0.1) is 0 Å². The topological polar surface area (TPSA) is 75.3 Å². The summed E-state index contributed by atoms with van der Waals surface area (Å²) in [7, 11) is 0. The molecule has 62 heavy (non-hydrogen) atoms. The van der Waals surface area contributed by atoms with E-state index in [0.717, 1.165) is 99.6 Å². The van der Waals surface area contributed by atoms with Gasteiger partial charge in [-0.3, -0.25) is 0 Å². The van der Waals surface area contributed by atoms with Crippen molar-refractivity contribution in [1.29, 1.82) is 5.26 Å². The summed E-state index contributed by atoms with van der Waals surface area (Å²) < 4.78 is 0. The lowest BCUT2D eigenvalue weighted by Crippen LogP contribution is -1.98. The Hall–Kier alpha value is -8.59. The molecule has 2 aromatic heterocycles. The van der Waals surface area contributed by atoms with Crippen LogP contribution in [-0.4, -0.2) is 19.9 Å². The highest BCUT2D eigenvalue weighted by molar-refractivity contribution is 6.06. The van der Waals surface area contributed by atoms with E-state index in [1.165, 1.54) is 0 Å². The van der Waals surface area contributed by atoms with Crippen LogP contribution < -0.4 is 0 Å². The van der Waals surface area contributed by atoms with E-state index in [1.807, 2.05) is 84.9 Å². The van der Waals surface area contributed by atoms with Crippen LogP contribution in [0, 0.1) is 11.3 Å². The highest BCUT2D eigenvalue weighted by atomic mass is 14.9. The molecule has 0 saturated carbocycles. The zero-order chi connectivity index (χ0) is 41.4. The zero-order valence-corrected chi connectivity index (χ0v) is 33.4. The maximum absolute atomic E-state index is 9.28. The molecule has 5 heteroatoms. The lowest BCUT2D eigenvalue weighted by molar-refractivity contribution is 1.22. The molecule has 0 bridgehead atoms. The summed E-state index contributed by atoms with van der Waals surface area (Å²) in [4.78, 5) is 20.9. The van der Waals surface area contributed by atoms with E-state index < -0.39 is 0 Å². The number of nitriles is 1. The van der Waals surface area contributed by atoms with Gasteiger partial charge in [0.05, 0.1) is 34.1 Å². The molecule has 11 rings (SSSR count). The van der Waals surface area contributed by atoms with Crippen LogP contribution in [0.2, 0.25) is 0 Å². The molecule has 0 saturated heterocycles. The number of hydrogen-bond donors (Lipinski definition) is 0. The fourth-order valence-corrected chi connectivity index (χ4v) is 8.47. The molecule has 0 radical (unpaired) electrons. The van der Waals surface area contributed by atoms with Crippen molar-refractivity contribution in [2.45, 2.75) is 0 Å². The highest BCUT2D eigenvalue weighted by Gasteiger charge is 2.19. The van der Waals surface area contributed by atoms with Crippen molar-refractivity contribution in [3.8, 4) is 84.7 Å². The summed E-state index contributed by atoms with van der Waals surface area (Å²) in [5.74, 6) is 1.30. The van der Waals surface area contributed by atoms with Gasteiger partial charge in [0.25, 0.3) is 0 Å². The smallest absolute Gasteiger partial charge is 0.160 e. The van der Waals surface area contributed by atoms with Gasteiger partial charge in [-0.25, -0.2) is 19.9 Å². The predicted octanol–water partition coefficient (Wildman–Crippen LogP) is 14.3. The van der Waals surface area contributed by atoms with E-state index in [0.29, 0.717) is 17.2 Å². The number of fused-ring (bicyclic) bond motifs is 3. The molecule has 0 aliphatic heterocycles. The number of hydrogen-bond acceptors (Lipinski definition) is 5. The van der Waals surface area contributed by atoms with Crippen molar-refractivity contribution in [1.82, 2.24) is 19.9 Å². The number of aromatic nitrogens is 4. The summed E-state index contributed by atoms with van der Waals surface area (Å²) in [6, 6.07) is 75.3. The summed E-state index contributed by atoms with van der Waals surface area (Å²) in [5, 5.41) is 13.5. The molecule has 0 unspecified atom stereocenters. The van der Waals surface area contributed by atoms with E-state index in [4.69, 9.17) is 19.9 Å². The number of rotatable bonds is 7. The first-order chi connectivity index (χ1) is 30.7. The van der Waals surface area contributed by atoms with Gasteiger partial charge in [0.15, 0.2) is 11.6 Å². The minimum atomic E-state index is 0.635. The predicted molar refractivity (Wildman–Crippen MR) is 253 cm³/mol. The van der Waals surface area contributed by atoms with Gasteiger partial charge in [-0.1, -0.05) is 170 Å². The van der Waals surface area contributed by atoms with Gasteiger partial charge in [-0.05, 0) is 86.6 Å². The lowest BCUT2D eigenvalue weighted by atomic mass is 9.89. The summed E-state index contributed by atoms with van der Waals surface area (Å²) in [5.41, 5.74) is 14.5. The Morgan fingerprint density at radius 3 is 1.29 bits per heavy atom. The molecule has 0 aliphatic carbocycles. The SMILES string of the molecule is N#Cc1ccc(-c2ccc(-c3ccc(-c4cc(-c5nc(-c6ccccc6)c6ccccc6n5)cc(-c5nc(-c6ccccc6)nc6ccccc56)c4)c4ccccc34)cc2)cc1. The third-order valence-electron chi connectivity index (χ3n) is 11.5. The molecular weight excluding hydrogens is 755 g/mol. The molecule has 11 aromatic rings. The van der Waals surface area contributed by atoms with E-state index in [2.05, 4.69) is 133 Å². The maximum Gasteiger partial charge on any atom is 0.160 e. The number of nitrogens with zero attached hydrogens (tertiary/aromatic N) is 5. The van der Waals surface area contributed by atoms with Crippen LogP contribution in [0.4, 0.5) is 0 Å². The first-order valence-electron chi connectivity index (χ1n) is 20.6. The van der Waals surface area contributed by atoms with Crippen LogP contribution in [0.3, 0.4) is 0 Å². The number of benzene rings is 9. The summed E-state index contributed by atoms with van der Waals surface area (Å²) >= 11 is 0. The molecule has 288 valence electrons. The quantitative estimate of drug-likeness (QED) is 0.161. The molecule has 0 amide bonds. The fourth-order valence-electron chi connectivity index (χ4n) is 8.47. The van der Waals surface area contributed by atoms with Crippen molar-refractivity contribution in [2.24, 2.45) is 0 Å². The standard InChI is InChI=1S/C57H35N5/c58-36-37-23-25-38(26-24-37)39-27-29-40(30-28-39)46-31-32-47(49-18-8-7-17-48(46)49)43-33-44(55-51-20-10-12-22-53(51)59-56(62-55)42-15-5-2-6-16-42)35-45(34-43)57-60-52-21-11-9-19-50(52)54(61-57)41-13-3-1-4-14-41/h1-35H. The normalized spacial score (nSPS) is 11.2. The Labute approximate surface area is 359 Å². The minimum Gasteiger partial charge on any atom is -0.228 e. The van der Waals surface area contributed by atoms with Gasteiger partial charge < -0.3 is 0 Å². The Bertz CT molecular complexity index is 3500. The second-order valence-corrected chi connectivity index (χ2v) is 15.3. The molecule has 9 aromatic carbocycles. The van der Waals surface area contributed by atoms with Crippen LogP contribution in [0.15, 0.2) is 212 Å². The zero-order valence-electron chi connectivity index (χ0n) is 33.4. The van der Waals surface area contributed by atoms with E-state index >= 15 is 0 Å². The average Bonchev–Trinajstić information content (AvgIpc) is 3.36. The number of para-hydroxylation sites is 2. The van der Waals surface area contributed by atoms with Crippen molar-refractivity contribution in [2.75, 3.05) is 0 Å². The molecule has 5 nitrogen and oxygen atoms in total. The average molecular weight is 790 g/mol. The van der Waals surface area contributed by atoms with Gasteiger partial charge >= 0.3 is 0 Å². The Morgan fingerprint density at radius 2 is 0.710 bits per heavy atom. The van der Waals surface area contributed by atoms with Gasteiger partial charge in [-0.2, -0.15) is 5.26 Å². The Balaban J connectivity index is 1.12. The van der Waals surface area contributed by atoms with Crippen LogP contribution in [0.25, 0.3) is 111 Å². The molecular formula is C57H35N5. The largest absolute Gasteiger partial charge is 0.228 e. The molecule has 0 spiro atoms. The summed E-state index contributed by atoms with van der Waals surface area (Å²) in [6.07, 6.45) is 0. The van der Waals surface area contributed by atoms with E-state index in [1.54, 1.807) is 0 Å². The van der Waals surface area contributed by atoms with Crippen LogP contribution >= 0.6 is 0 Å². The first kappa shape index (κ1) is 36.5. The Morgan fingerprint density at radius 1 is 0.290 bits per heavy atom. The second-order valence-electron chi connectivity index (χ2n) is 15.3. The van der Waals surface area contributed by atoms with Crippen LogP contribution in [0.5, 0.6) is 0 Å². The van der Waals surface area contributed by atoms with Crippen molar-refractivity contribution in [3.63, 3.8) is 0 Å². The molecule has 0 fully saturated rings. The van der Waals surface area contributed by atoms with E-state index in [-0.39, 0.29) is 0 Å². The van der Waals surface area contributed by atoms with Gasteiger partial charge in [0.2, 0.25) is 0 Å². The monoisotopic (exact) mass is 789 g/mol. The fraction of sp³-hybridized carbons (Fsp3) is 0. The molecule has 0 aliphatic rings. The van der Waals surface area contributed by atoms with Crippen LogP contribution in [0.1, 0.15) is 5.56 Å². The molecule has 0 N–H and O–H groups in total. The first-order valence-corrected chi connectivity index (χ1v) is 20.6. The summed E-state index contributed by atoms with van der Waals surface area (Å²) in [6.45, 7) is 0. The third-order valence-corrected chi connectivity index (χ3v) is 11.5. The van der Waals surface area contributed by atoms with E-state index in [9.17, 15) is 5.26 Å². The lowest BCUT2D eigenvalue weighted by Gasteiger charge is -2.16. The molecule has 2 heterocycles. The van der Waals surface area contributed by atoms with Crippen molar-refractivity contribution < 1.29 is 0 Å². The minimum absolute atomic E-state index is 0.635. The highest BCUT2D eigenvalue weighted by Crippen LogP contribution is 2.41. The van der Waals surface area contributed by atoms with Gasteiger partial charge in [0.1, 0.15) is 0 Å². The second kappa shape index (κ2) is 15.5. The maximum atomic E-state index is 9.28. The van der Waals surface area contributed by atoms with Crippen molar-refractivity contribution in [3.05, 3.63) is 218 Å². The Kier molecular flexibility index (Phi) is 9.15.